The molecule has 0 atom stereocenters. The second-order valence-corrected chi connectivity index (χ2v) is 7.88. The van der Waals surface area contributed by atoms with Gasteiger partial charge in [0.25, 0.3) is 0 Å². The number of carbonyl (C=O) groups excluding carboxylic acids is 2. The number of rotatable bonds is 11. The Balaban J connectivity index is 1.70. The van der Waals surface area contributed by atoms with Gasteiger partial charge in [0.1, 0.15) is 35.3 Å². The van der Waals surface area contributed by atoms with E-state index in [1.807, 2.05) is 6.92 Å². The first-order chi connectivity index (χ1) is 16.3. The molecule has 1 aromatic heterocycles. The van der Waals surface area contributed by atoms with Crippen LogP contribution in [0.4, 0.5) is 4.39 Å². The highest BCUT2D eigenvalue weighted by atomic mass is 19.1. The highest BCUT2D eigenvalue weighted by Crippen LogP contribution is 2.30. The van der Waals surface area contributed by atoms with Crippen LogP contribution in [0.1, 0.15) is 44.8 Å². The van der Waals surface area contributed by atoms with Crippen molar-refractivity contribution in [3.63, 3.8) is 0 Å². The van der Waals surface area contributed by atoms with Crippen molar-refractivity contribution in [2.24, 2.45) is 0 Å². The van der Waals surface area contributed by atoms with Gasteiger partial charge >= 0.3 is 0 Å². The summed E-state index contributed by atoms with van der Waals surface area (Å²) in [5.41, 5.74) is 3.14. The number of ether oxygens (including phenoxy) is 3. The van der Waals surface area contributed by atoms with Crippen molar-refractivity contribution in [3.05, 3.63) is 76.7 Å². The molecule has 34 heavy (non-hydrogen) atoms. The van der Waals surface area contributed by atoms with Crippen molar-refractivity contribution in [3.8, 4) is 22.8 Å². The fourth-order valence-corrected chi connectivity index (χ4v) is 3.48. The van der Waals surface area contributed by atoms with Crippen molar-refractivity contribution in [1.29, 1.82) is 0 Å². The predicted molar refractivity (Wildman–Crippen MR) is 127 cm³/mol. The summed E-state index contributed by atoms with van der Waals surface area (Å²) in [5.74, 6) is 0.450. The van der Waals surface area contributed by atoms with E-state index in [0.717, 1.165) is 5.56 Å². The summed E-state index contributed by atoms with van der Waals surface area (Å²) in [6.45, 7) is 4.42. The van der Waals surface area contributed by atoms with Gasteiger partial charge in [0.05, 0.1) is 13.7 Å². The van der Waals surface area contributed by atoms with Crippen molar-refractivity contribution in [2.75, 3.05) is 27.4 Å². The standard InChI is InChI=1S/C27H28FNO5/c1-17-15-20(5-7-21(17)28)27-26(33-4)12-8-22(29-27)24(31)10-9-23(30)19-6-11-25(18(2)16-19)34-14-13-32-3/h5-8,11-12,15-16H,9-10,13-14H2,1-4H3. The molecule has 178 valence electrons. The Morgan fingerprint density at radius 3 is 2.26 bits per heavy atom. The van der Waals surface area contributed by atoms with E-state index in [1.165, 1.54) is 13.2 Å². The van der Waals surface area contributed by atoms with E-state index in [-0.39, 0.29) is 35.9 Å². The Morgan fingerprint density at radius 1 is 0.853 bits per heavy atom. The van der Waals surface area contributed by atoms with Gasteiger partial charge in [-0.2, -0.15) is 0 Å². The van der Waals surface area contributed by atoms with Gasteiger partial charge in [-0.05, 0) is 73.5 Å². The molecule has 6 nitrogen and oxygen atoms in total. The first-order valence-electron chi connectivity index (χ1n) is 10.9. The van der Waals surface area contributed by atoms with E-state index in [9.17, 15) is 14.0 Å². The summed E-state index contributed by atoms with van der Waals surface area (Å²) < 4.78 is 29.7. The summed E-state index contributed by atoms with van der Waals surface area (Å²) in [5, 5.41) is 0. The highest BCUT2D eigenvalue weighted by molar-refractivity contribution is 6.01. The second kappa shape index (κ2) is 11.5. The summed E-state index contributed by atoms with van der Waals surface area (Å²) in [4.78, 5) is 29.9. The molecule has 0 saturated heterocycles. The minimum atomic E-state index is -0.321. The number of ketones is 2. The molecule has 0 aliphatic heterocycles. The smallest absolute Gasteiger partial charge is 0.181 e. The van der Waals surface area contributed by atoms with Crippen LogP contribution in [-0.4, -0.2) is 44.0 Å². The molecule has 3 aromatic rings. The molecule has 0 bridgehead atoms. The SMILES string of the molecule is COCCOc1ccc(C(=O)CCC(=O)c2ccc(OC)c(-c3ccc(F)c(C)c3)n2)cc1C. The lowest BCUT2D eigenvalue weighted by Crippen LogP contribution is -2.09. The third-order valence-electron chi connectivity index (χ3n) is 5.42. The topological polar surface area (TPSA) is 74.7 Å². The lowest BCUT2D eigenvalue weighted by molar-refractivity contribution is 0.0915. The number of Topliss-reactive ketones (excluding diaryl/α,β-unsaturated/α-hetero) is 2. The van der Waals surface area contributed by atoms with Crippen molar-refractivity contribution in [1.82, 2.24) is 4.98 Å². The lowest BCUT2D eigenvalue weighted by atomic mass is 10.0. The minimum absolute atomic E-state index is 0.0190. The number of hydrogen-bond donors (Lipinski definition) is 0. The molecule has 7 heteroatoms. The largest absolute Gasteiger partial charge is 0.494 e. The monoisotopic (exact) mass is 465 g/mol. The number of aryl methyl sites for hydroxylation is 2. The van der Waals surface area contributed by atoms with Crippen LogP contribution in [0.3, 0.4) is 0 Å². The molecule has 0 saturated carbocycles. The summed E-state index contributed by atoms with van der Waals surface area (Å²) in [6.07, 6.45) is 0.0754. The number of carbonyl (C=O) groups is 2. The highest BCUT2D eigenvalue weighted by Gasteiger charge is 2.17. The van der Waals surface area contributed by atoms with Gasteiger partial charge in [-0.3, -0.25) is 9.59 Å². The molecule has 0 unspecified atom stereocenters. The quantitative estimate of drug-likeness (QED) is 0.279. The zero-order valence-corrected chi connectivity index (χ0v) is 19.8. The van der Waals surface area contributed by atoms with E-state index in [1.54, 1.807) is 56.5 Å². The van der Waals surface area contributed by atoms with Gasteiger partial charge in [0, 0.05) is 31.1 Å². The van der Waals surface area contributed by atoms with E-state index in [2.05, 4.69) is 4.98 Å². The molecule has 1 heterocycles. The first kappa shape index (κ1) is 25.1. The van der Waals surface area contributed by atoms with Crippen LogP contribution in [0, 0.1) is 19.7 Å². The molecule has 0 radical (unpaired) electrons. The van der Waals surface area contributed by atoms with Crippen LogP contribution in [-0.2, 0) is 4.74 Å². The average molecular weight is 466 g/mol. The number of pyridine rings is 1. The minimum Gasteiger partial charge on any atom is -0.494 e. The number of methoxy groups -OCH3 is 2. The number of nitrogens with zero attached hydrogens (tertiary/aromatic N) is 1. The fraction of sp³-hybridized carbons (Fsp3) is 0.296. The normalized spacial score (nSPS) is 10.7. The Hall–Kier alpha value is -3.58. The number of benzene rings is 2. The van der Waals surface area contributed by atoms with Crippen LogP contribution in [0.25, 0.3) is 11.3 Å². The molecule has 2 aromatic carbocycles. The second-order valence-electron chi connectivity index (χ2n) is 7.88. The summed E-state index contributed by atoms with van der Waals surface area (Å²) in [6, 6.07) is 13.0. The number of halogens is 1. The zero-order valence-electron chi connectivity index (χ0n) is 19.8. The van der Waals surface area contributed by atoms with Gasteiger partial charge in [-0.1, -0.05) is 0 Å². The van der Waals surface area contributed by atoms with Crippen LogP contribution in [0.2, 0.25) is 0 Å². The van der Waals surface area contributed by atoms with Crippen LogP contribution in [0.5, 0.6) is 11.5 Å². The number of hydrogen-bond acceptors (Lipinski definition) is 6. The summed E-state index contributed by atoms with van der Waals surface area (Å²) in [7, 11) is 3.11. The Labute approximate surface area is 198 Å². The predicted octanol–water partition coefficient (Wildman–Crippen LogP) is 5.38. The van der Waals surface area contributed by atoms with E-state index in [4.69, 9.17) is 14.2 Å². The third-order valence-corrected chi connectivity index (χ3v) is 5.42. The maximum absolute atomic E-state index is 13.7. The van der Waals surface area contributed by atoms with Gasteiger partial charge in [0.2, 0.25) is 0 Å². The molecule has 0 amide bonds. The van der Waals surface area contributed by atoms with Crippen molar-refractivity contribution >= 4 is 11.6 Å². The lowest BCUT2D eigenvalue weighted by Gasteiger charge is -2.11. The van der Waals surface area contributed by atoms with Gasteiger partial charge < -0.3 is 14.2 Å². The van der Waals surface area contributed by atoms with Crippen molar-refractivity contribution in [2.45, 2.75) is 26.7 Å². The van der Waals surface area contributed by atoms with Gasteiger partial charge in [-0.25, -0.2) is 9.37 Å². The Bertz CT molecular complexity index is 1190. The van der Waals surface area contributed by atoms with Gasteiger partial charge in [-0.15, -0.1) is 0 Å². The Morgan fingerprint density at radius 2 is 1.59 bits per heavy atom. The maximum atomic E-state index is 13.7. The molecule has 0 spiro atoms. The zero-order chi connectivity index (χ0) is 24.7. The fourth-order valence-electron chi connectivity index (χ4n) is 3.48. The first-order valence-corrected chi connectivity index (χ1v) is 10.9. The molecule has 0 aliphatic carbocycles. The van der Waals surface area contributed by atoms with Gasteiger partial charge in [0.15, 0.2) is 11.6 Å². The average Bonchev–Trinajstić information content (AvgIpc) is 2.84. The molecule has 3 rings (SSSR count). The molecule has 0 fully saturated rings. The molecular weight excluding hydrogens is 437 g/mol. The van der Waals surface area contributed by atoms with E-state index in [0.29, 0.717) is 47.1 Å². The molecule has 0 aliphatic rings. The van der Waals surface area contributed by atoms with Crippen molar-refractivity contribution < 1.29 is 28.2 Å². The molecular formula is C27H28FNO5. The van der Waals surface area contributed by atoms with E-state index < -0.39 is 0 Å². The third kappa shape index (κ3) is 6.05. The van der Waals surface area contributed by atoms with Crippen LogP contribution >= 0.6 is 0 Å². The van der Waals surface area contributed by atoms with Crippen LogP contribution in [0.15, 0.2) is 48.5 Å². The molecule has 0 N–H and O–H groups in total. The Kier molecular flexibility index (Phi) is 8.49. The number of aromatic nitrogens is 1. The van der Waals surface area contributed by atoms with Crippen LogP contribution < -0.4 is 9.47 Å². The summed E-state index contributed by atoms with van der Waals surface area (Å²) >= 11 is 0. The van der Waals surface area contributed by atoms with E-state index >= 15 is 0 Å². The maximum Gasteiger partial charge on any atom is 0.181 e.